The van der Waals surface area contributed by atoms with E-state index < -0.39 is 0 Å². The van der Waals surface area contributed by atoms with Gasteiger partial charge in [-0.2, -0.15) is 0 Å². The van der Waals surface area contributed by atoms with Crippen molar-refractivity contribution in [2.24, 2.45) is 0 Å². The SMILES string of the molecule is CC1(C)c2ccccc2-c2c3c1cccc3cc1c2c2ccccc2n1-c1nc(-c2ccccc2)cc(-c2ccccc2)n1. The first-order valence-electron chi connectivity index (χ1n) is 15.2. The van der Waals surface area contributed by atoms with E-state index in [-0.39, 0.29) is 5.41 Å². The Hall–Kier alpha value is -5.54. The lowest BCUT2D eigenvalue weighted by atomic mass is 9.68. The third kappa shape index (κ3) is 3.50. The molecule has 0 amide bonds. The third-order valence-corrected chi connectivity index (χ3v) is 9.40. The van der Waals surface area contributed by atoms with Crippen molar-refractivity contribution < 1.29 is 0 Å². The van der Waals surface area contributed by atoms with Crippen LogP contribution in [0.25, 0.3) is 72.2 Å². The molecule has 0 saturated heterocycles. The smallest absolute Gasteiger partial charge is 0.235 e. The van der Waals surface area contributed by atoms with Crippen LogP contribution in [0.15, 0.2) is 140 Å². The second-order valence-electron chi connectivity index (χ2n) is 12.2. The van der Waals surface area contributed by atoms with Gasteiger partial charge in [0.05, 0.1) is 22.4 Å². The molecule has 2 aromatic heterocycles. The van der Waals surface area contributed by atoms with Crippen molar-refractivity contribution in [1.29, 1.82) is 0 Å². The zero-order valence-electron chi connectivity index (χ0n) is 24.6. The van der Waals surface area contributed by atoms with Gasteiger partial charge in [0.1, 0.15) is 0 Å². The van der Waals surface area contributed by atoms with Gasteiger partial charge in [0.25, 0.3) is 0 Å². The van der Waals surface area contributed by atoms with Gasteiger partial charge in [-0.3, -0.25) is 4.57 Å². The van der Waals surface area contributed by atoms with Crippen LogP contribution in [0.5, 0.6) is 0 Å². The molecule has 8 aromatic rings. The Morgan fingerprint density at radius 2 is 1.14 bits per heavy atom. The Morgan fingerprint density at radius 1 is 0.523 bits per heavy atom. The molecule has 208 valence electrons. The molecule has 0 aliphatic heterocycles. The number of benzene rings is 6. The highest BCUT2D eigenvalue weighted by Crippen LogP contribution is 2.52. The van der Waals surface area contributed by atoms with Gasteiger partial charge in [0.2, 0.25) is 5.95 Å². The minimum Gasteiger partial charge on any atom is -0.278 e. The summed E-state index contributed by atoms with van der Waals surface area (Å²) in [5.41, 5.74) is 11.4. The molecule has 0 radical (unpaired) electrons. The van der Waals surface area contributed by atoms with Crippen molar-refractivity contribution in [2.75, 3.05) is 0 Å². The molecule has 0 N–H and O–H groups in total. The molecule has 6 aromatic carbocycles. The normalized spacial score (nSPS) is 13.4. The highest BCUT2D eigenvalue weighted by atomic mass is 15.2. The average Bonchev–Trinajstić information content (AvgIpc) is 3.41. The first-order chi connectivity index (χ1) is 21.6. The van der Waals surface area contributed by atoms with Crippen LogP contribution in [0.2, 0.25) is 0 Å². The quantitative estimate of drug-likeness (QED) is 0.214. The maximum Gasteiger partial charge on any atom is 0.235 e. The van der Waals surface area contributed by atoms with E-state index in [1.54, 1.807) is 0 Å². The van der Waals surface area contributed by atoms with E-state index >= 15 is 0 Å². The van der Waals surface area contributed by atoms with Gasteiger partial charge >= 0.3 is 0 Å². The Kier molecular flexibility index (Phi) is 5.24. The molecule has 2 heterocycles. The van der Waals surface area contributed by atoms with Gasteiger partial charge < -0.3 is 0 Å². The molecular formula is C41H29N3. The molecular weight excluding hydrogens is 534 g/mol. The molecule has 0 fully saturated rings. The topological polar surface area (TPSA) is 30.7 Å². The molecule has 0 bridgehead atoms. The van der Waals surface area contributed by atoms with Crippen molar-refractivity contribution in [3.8, 4) is 39.6 Å². The summed E-state index contributed by atoms with van der Waals surface area (Å²) in [6.07, 6.45) is 0. The number of fused-ring (bicyclic) bond motifs is 6. The van der Waals surface area contributed by atoms with E-state index in [2.05, 4.69) is 146 Å². The Balaban J connectivity index is 1.45. The Bertz CT molecular complexity index is 2340. The molecule has 0 saturated carbocycles. The summed E-state index contributed by atoms with van der Waals surface area (Å²) in [6.45, 7) is 4.70. The van der Waals surface area contributed by atoms with Crippen LogP contribution in [0.1, 0.15) is 25.0 Å². The molecule has 44 heavy (non-hydrogen) atoms. The summed E-state index contributed by atoms with van der Waals surface area (Å²) in [5.74, 6) is 0.670. The van der Waals surface area contributed by atoms with Crippen LogP contribution in [0.4, 0.5) is 0 Å². The molecule has 9 rings (SSSR count). The molecule has 3 heteroatoms. The van der Waals surface area contributed by atoms with E-state index in [0.717, 1.165) is 33.5 Å². The monoisotopic (exact) mass is 563 g/mol. The van der Waals surface area contributed by atoms with E-state index in [4.69, 9.17) is 9.97 Å². The highest BCUT2D eigenvalue weighted by molar-refractivity contribution is 6.24. The minimum atomic E-state index is -0.104. The largest absolute Gasteiger partial charge is 0.278 e. The molecule has 0 atom stereocenters. The fourth-order valence-electron chi connectivity index (χ4n) is 7.35. The summed E-state index contributed by atoms with van der Waals surface area (Å²) >= 11 is 0. The minimum absolute atomic E-state index is 0.104. The molecule has 0 unspecified atom stereocenters. The van der Waals surface area contributed by atoms with Gasteiger partial charge in [-0.05, 0) is 45.7 Å². The van der Waals surface area contributed by atoms with Crippen LogP contribution in [-0.4, -0.2) is 14.5 Å². The van der Waals surface area contributed by atoms with Gasteiger partial charge in [-0.25, -0.2) is 9.97 Å². The number of para-hydroxylation sites is 1. The number of aromatic nitrogens is 3. The third-order valence-electron chi connectivity index (χ3n) is 9.40. The van der Waals surface area contributed by atoms with Crippen molar-refractivity contribution >= 4 is 32.6 Å². The summed E-state index contributed by atoms with van der Waals surface area (Å²) < 4.78 is 2.27. The lowest BCUT2D eigenvalue weighted by molar-refractivity contribution is 0.645. The second kappa shape index (κ2) is 9.23. The number of hydrogen-bond acceptors (Lipinski definition) is 2. The summed E-state index contributed by atoms with van der Waals surface area (Å²) in [5, 5.41) is 5.03. The number of rotatable bonds is 3. The van der Waals surface area contributed by atoms with Gasteiger partial charge in [0, 0.05) is 32.9 Å². The molecule has 3 nitrogen and oxygen atoms in total. The van der Waals surface area contributed by atoms with Gasteiger partial charge in [0.15, 0.2) is 0 Å². The van der Waals surface area contributed by atoms with Crippen LogP contribution in [-0.2, 0) is 5.41 Å². The predicted molar refractivity (Wildman–Crippen MR) is 182 cm³/mol. The van der Waals surface area contributed by atoms with E-state index in [1.807, 2.05) is 12.1 Å². The summed E-state index contributed by atoms with van der Waals surface area (Å²) in [4.78, 5) is 10.5. The van der Waals surface area contributed by atoms with Gasteiger partial charge in [-0.1, -0.05) is 135 Å². The summed E-state index contributed by atoms with van der Waals surface area (Å²) in [7, 11) is 0. The lowest BCUT2D eigenvalue weighted by Crippen LogP contribution is -2.23. The zero-order chi connectivity index (χ0) is 29.4. The van der Waals surface area contributed by atoms with E-state index in [1.165, 1.54) is 43.8 Å². The second-order valence-corrected chi connectivity index (χ2v) is 12.2. The lowest BCUT2D eigenvalue weighted by Gasteiger charge is -2.35. The van der Waals surface area contributed by atoms with Crippen molar-refractivity contribution in [2.45, 2.75) is 19.3 Å². The van der Waals surface area contributed by atoms with Crippen LogP contribution in [0, 0.1) is 0 Å². The first kappa shape index (κ1) is 25.0. The number of hydrogen-bond donors (Lipinski definition) is 0. The van der Waals surface area contributed by atoms with Crippen LogP contribution >= 0.6 is 0 Å². The zero-order valence-corrected chi connectivity index (χ0v) is 24.6. The van der Waals surface area contributed by atoms with Crippen molar-refractivity contribution in [3.63, 3.8) is 0 Å². The van der Waals surface area contributed by atoms with Crippen molar-refractivity contribution in [3.05, 3.63) is 151 Å². The fraction of sp³-hybridized carbons (Fsp3) is 0.0732. The van der Waals surface area contributed by atoms with Crippen LogP contribution < -0.4 is 0 Å². The maximum atomic E-state index is 5.26. The van der Waals surface area contributed by atoms with Crippen molar-refractivity contribution in [1.82, 2.24) is 14.5 Å². The fourth-order valence-corrected chi connectivity index (χ4v) is 7.35. The molecule has 1 aliphatic rings. The predicted octanol–water partition coefficient (Wildman–Crippen LogP) is 10.4. The Morgan fingerprint density at radius 3 is 1.86 bits per heavy atom. The van der Waals surface area contributed by atoms with Gasteiger partial charge in [-0.15, -0.1) is 0 Å². The van der Waals surface area contributed by atoms with E-state index in [0.29, 0.717) is 5.95 Å². The first-order valence-corrected chi connectivity index (χ1v) is 15.2. The van der Waals surface area contributed by atoms with Crippen LogP contribution in [0.3, 0.4) is 0 Å². The molecule has 1 aliphatic carbocycles. The summed E-state index contributed by atoms with van der Waals surface area (Å²) in [6, 6.07) is 49.7. The van der Waals surface area contributed by atoms with E-state index in [9.17, 15) is 0 Å². The highest BCUT2D eigenvalue weighted by Gasteiger charge is 2.35. The maximum absolute atomic E-state index is 5.26. The Labute approximate surface area is 256 Å². The average molecular weight is 564 g/mol. The molecule has 0 spiro atoms. The number of nitrogens with zero attached hydrogens (tertiary/aromatic N) is 3. The standard InChI is InChI=1S/C41H29N3/c1-41(2)31-21-11-9-19-29(31)39-37-28(18-13-22-32(37)41)24-36-38(39)30-20-10-12-23-35(30)44(36)40-42-33(26-14-5-3-6-15-26)25-34(43-40)27-16-7-4-8-17-27/h3-25H,1-2H3.